The molecule has 1 aliphatic carbocycles. The Bertz CT molecular complexity index is 444. The number of likely N-dealkylation sites (tertiary alicyclic amines) is 1. The average molecular weight is 321 g/mol. The first-order valence-corrected chi connectivity index (χ1v) is 7.70. The summed E-state index contributed by atoms with van der Waals surface area (Å²) in [4.78, 5) is 24.9. The molecule has 7 heteroatoms. The molecule has 126 valence electrons. The highest BCUT2D eigenvalue weighted by Crippen LogP contribution is 2.41. The van der Waals surface area contributed by atoms with Crippen molar-refractivity contribution in [1.29, 1.82) is 0 Å². The monoisotopic (exact) mass is 321 g/mol. The molecular weight excluding hydrogens is 299 g/mol. The fourth-order valence-electron chi connectivity index (χ4n) is 3.42. The van der Waals surface area contributed by atoms with Crippen LogP contribution in [0.2, 0.25) is 0 Å². The van der Waals surface area contributed by atoms with Crippen molar-refractivity contribution >= 4 is 11.9 Å². The van der Waals surface area contributed by atoms with Gasteiger partial charge in [0, 0.05) is 19.5 Å². The fourth-order valence-corrected chi connectivity index (χ4v) is 3.42. The maximum Gasteiger partial charge on any atom is 0.391 e. The molecule has 0 aromatic carbocycles. The Labute approximate surface area is 127 Å². The highest BCUT2D eigenvalue weighted by Gasteiger charge is 2.44. The van der Waals surface area contributed by atoms with Gasteiger partial charge in [-0.2, -0.15) is 13.2 Å². The summed E-state index contributed by atoms with van der Waals surface area (Å²) in [5.74, 6) is -2.28. The van der Waals surface area contributed by atoms with Crippen LogP contribution in [0.5, 0.6) is 0 Å². The van der Waals surface area contributed by atoms with Crippen LogP contribution in [-0.4, -0.2) is 41.1 Å². The summed E-state index contributed by atoms with van der Waals surface area (Å²) in [6, 6.07) is 0. The molecule has 1 aliphatic heterocycles. The van der Waals surface area contributed by atoms with Gasteiger partial charge in [0.1, 0.15) is 0 Å². The van der Waals surface area contributed by atoms with Crippen LogP contribution in [-0.2, 0) is 9.59 Å². The summed E-state index contributed by atoms with van der Waals surface area (Å²) in [5.41, 5.74) is -0.899. The number of nitrogens with zero attached hydrogens (tertiary/aromatic N) is 1. The first-order valence-electron chi connectivity index (χ1n) is 7.70. The summed E-state index contributed by atoms with van der Waals surface area (Å²) in [7, 11) is 0. The van der Waals surface area contributed by atoms with Gasteiger partial charge in [-0.25, -0.2) is 0 Å². The van der Waals surface area contributed by atoms with Crippen molar-refractivity contribution in [3.63, 3.8) is 0 Å². The van der Waals surface area contributed by atoms with Gasteiger partial charge in [0.25, 0.3) is 0 Å². The lowest BCUT2D eigenvalue weighted by atomic mass is 9.80. The van der Waals surface area contributed by atoms with E-state index in [4.69, 9.17) is 5.11 Å². The van der Waals surface area contributed by atoms with E-state index in [-0.39, 0.29) is 37.6 Å². The summed E-state index contributed by atoms with van der Waals surface area (Å²) in [6.07, 6.45) is -2.45. The Morgan fingerprint density at radius 3 is 2.27 bits per heavy atom. The van der Waals surface area contributed by atoms with Gasteiger partial charge < -0.3 is 10.0 Å². The maximum absolute atomic E-state index is 12.6. The summed E-state index contributed by atoms with van der Waals surface area (Å²) in [5, 5.41) is 9.15. The molecule has 0 aromatic rings. The van der Waals surface area contributed by atoms with E-state index < -0.39 is 23.5 Å². The number of aliphatic carboxylic acids is 1. The van der Waals surface area contributed by atoms with Crippen LogP contribution in [0.15, 0.2) is 0 Å². The molecular formula is C15H22F3NO3. The predicted octanol–water partition coefficient (Wildman–Crippen LogP) is 3.07. The number of alkyl halides is 3. The van der Waals surface area contributed by atoms with Crippen LogP contribution in [0.3, 0.4) is 0 Å². The highest BCUT2D eigenvalue weighted by molar-refractivity contribution is 5.80. The van der Waals surface area contributed by atoms with Crippen LogP contribution in [0, 0.1) is 17.3 Å². The van der Waals surface area contributed by atoms with Crippen LogP contribution < -0.4 is 0 Å². The summed E-state index contributed by atoms with van der Waals surface area (Å²) >= 11 is 0. The minimum Gasteiger partial charge on any atom is -0.481 e. The van der Waals surface area contributed by atoms with Gasteiger partial charge in [0.05, 0.1) is 11.3 Å². The molecule has 4 nitrogen and oxygen atoms in total. The van der Waals surface area contributed by atoms with Crippen LogP contribution in [0.4, 0.5) is 13.2 Å². The zero-order valence-corrected chi connectivity index (χ0v) is 12.7. The highest BCUT2D eigenvalue weighted by atomic mass is 19.4. The lowest BCUT2D eigenvalue weighted by Crippen LogP contribution is -2.36. The van der Waals surface area contributed by atoms with Gasteiger partial charge in [0.2, 0.25) is 5.91 Å². The molecule has 0 spiro atoms. The van der Waals surface area contributed by atoms with Gasteiger partial charge in [-0.1, -0.05) is 0 Å². The standard InChI is InChI=1S/C15H22F3NO3/c1-14(13(21)22)6-7-19(9-14)12(20)8-10-2-4-11(5-3-10)15(16,17)18/h10-11H,2-9H2,1H3,(H,21,22). The molecule has 1 saturated heterocycles. The van der Waals surface area contributed by atoms with Gasteiger partial charge >= 0.3 is 12.1 Å². The predicted molar refractivity (Wildman–Crippen MR) is 73.1 cm³/mol. The zero-order chi connectivity index (χ0) is 16.5. The number of rotatable bonds is 3. The number of halogens is 3. The van der Waals surface area contributed by atoms with Crippen molar-refractivity contribution in [3.05, 3.63) is 0 Å². The van der Waals surface area contributed by atoms with Gasteiger partial charge in [-0.15, -0.1) is 0 Å². The molecule has 22 heavy (non-hydrogen) atoms. The molecule has 1 atom stereocenters. The molecule has 2 aliphatic rings. The van der Waals surface area contributed by atoms with E-state index in [1.165, 1.54) is 0 Å². The molecule has 1 heterocycles. The molecule has 2 fully saturated rings. The number of hydrogen-bond donors (Lipinski definition) is 1. The van der Waals surface area contributed by atoms with Crippen molar-refractivity contribution in [1.82, 2.24) is 4.90 Å². The molecule has 2 rings (SSSR count). The van der Waals surface area contributed by atoms with Crippen molar-refractivity contribution in [2.75, 3.05) is 13.1 Å². The maximum atomic E-state index is 12.6. The Kier molecular flexibility index (Phi) is 4.73. The van der Waals surface area contributed by atoms with Gasteiger partial charge in [-0.05, 0) is 44.9 Å². The molecule has 0 radical (unpaired) electrons. The van der Waals surface area contributed by atoms with E-state index in [0.717, 1.165) is 0 Å². The Morgan fingerprint density at radius 2 is 1.82 bits per heavy atom. The van der Waals surface area contributed by atoms with Crippen molar-refractivity contribution in [3.8, 4) is 0 Å². The first kappa shape index (κ1) is 17.1. The molecule has 1 N–H and O–H groups in total. The SMILES string of the molecule is CC1(C(=O)O)CCN(C(=O)CC2CCC(C(F)(F)F)CC2)C1. The van der Waals surface area contributed by atoms with Crippen molar-refractivity contribution in [2.45, 2.75) is 51.6 Å². The Morgan fingerprint density at radius 1 is 1.23 bits per heavy atom. The summed E-state index contributed by atoms with van der Waals surface area (Å²) in [6.45, 7) is 2.23. The minimum atomic E-state index is -4.13. The lowest BCUT2D eigenvalue weighted by Gasteiger charge is -2.30. The molecule has 1 amide bonds. The number of carbonyl (C=O) groups is 2. The van der Waals surface area contributed by atoms with E-state index >= 15 is 0 Å². The van der Waals surface area contributed by atoms with E-state index in [9.17, 15) is 22.8 Å². The smallest absolute Gasteiger partial charge is 0.391 e. The number of hydrogen-bond acceptors (Lipinski definition) is 2. The third kappa shape index (κ3) is 3.73. The van der Waals surface area contributed by atoms with E-state index in [0.29, 0.717) is 25.8 Å². The number of carbonyl (C=O) groups excluding carboxylic acids is 1. The van der Waals surface area contributed by atoms with E-state index in [1.807, 2.05) is 0 Å². The van der Waals surface area contributed by atoms with E-state index in [2.05, 4.69) is 0 Å². The Hall–Kier alpha value is -1.27. The van der Waals surface area contributed by atoms with Gasteiger partial charge in [-0.3, -0.25) is 9.59 Å². The Balaban J connectivity index is 1.81. The summed E-state index contributed by atoms with van der Waals surface area (Å²) < 4.78 is 37.8. The topological polar surface area (TPSA) is 57.6 Å². The minimum absolute atomic E-state index is 0.0113. The average Bonchev–Trinajstić information content (AvgIpc) is 2.82. The first-order chi connectivity index (χ1) is 10.1. The largest absolute Gasteiger partial charge is 0.481 e. The number of carboxylic acids is 1. The van der Waals surface area contributed by atoms with Gasteiger partial charge in [0.15, 0.2) is 0 Å². The fraction of sp³-hybridized carbons (Fsp3) is 0.867. The van der Waals surface area contributed by atoms with Crippen LogP contribution in [0.25, 0.3) is 0 Å². The zero-order valence-electron chi connectivity index (χ0n) is 12.7. The molecule has 1 unspecified atom stereocenters. The van der Waals surface area contributed by atoms with Crippen LogP contribution in [0.1, 0.15) is 45.4 Å². The molecule has 0 bridgehead atoms. The van der Waals surface area contributed by atoms with E-state index in [1.54, 1.807) is 11.8 Å². The lowest BCUT2D eigenvalue weighted by molar-refractivity contribution is -0.184. The van der Waals surface area contributed by atoms with Crippen molar-refractivity contribution in [2.24, 2.45) is 17.3 Å². The van der Waals surface area contributed by atoms with Crippen molar-refractivity contribution < 1.29 is 27.9 Å². The second kappa shape index (κ2) is 6.08. The van der Waals surface area contributed by atoms with Crippen LogP contribution >= 0.6 is 0 Å². The quantitative estimate of drug-likeness (QED) is 0.869. The third-order valence-electron chi connectivity index (χ3n) is 5.12. The second-order valence-corrected chi connectivity index (χ2v) is 6.89. The number of amides is 1. The third-order valence-corrected chi connectivity index (χ3v) is 5.12. The molecule has 0 aromatic heterocycles. The second-order valence-electron chi connectivity index (χ2n) is 6.89. The molecule has 1 saturated carbocycles. The normalized spacial score (nSPS) is 33.0. The number of carboxylic acid groups (broad SMARTS) is 1.